The summed E-state index contributed by atoms with van der Waals surface area (Å²) < 4.78 is 29.9. The van der Waals surface area contributed by atoms with E-state index in [2.05, 4.69) is 19.9 Å². The van der Waals surface area contributed by atoms with Gasteiger partial charge in [0.05, 0.1) is 36.4 Å². The quantitative estimate of drug-likeness (QED) is 0.354. The lowest BCUT2D eigenvalue weighted by molar-refractivity contribution is -0.365. The van der Waals surface area contributed by atoms with Crippen LogP contribution >= 0.6 is 0 Å². The second-order valence-electron chi connectivity index (χ2n) is 12.0. The monoisotopic (exact) mass is 542 g/mol. The number of aliphatic hydroxyl groups is 2. The molecule has 222 valence electrons. The lowest BCUT2D eigenvalue weighted by Crippen LogP contribution is -2.64. The molecule has 0 aromatic heterocycles. The molecule has 0 aromatic carbocycles. The highest BCUT2D eigenvalue weighted by Crippen LogP contribution is 2.49. The Kier molecular flexibility index (Phi) is 12.3. The van der Waals surface area contributed by atoms with Crippen LogP contribution in [0, 0.1) is 23.2 Å². The summed E-state index contributed by atoms with van der Waals surface area (Å²) in [6.07, 6.45) is 2.64. The summed E-state index contributed by atoms with van der Waals surface area (Å²) in [7, 11) is 4.80. The van der Waals surface area contributed by atoms with E-state index in [4.69, 9.17) is 23.7 Å². The normalized spacial score (nSPS) is 39.5. The van der Waals surface area contributed by atoms with Gasteiger partial charge < -0.3 is 33.9 Å². The van der Waals surface area contributed by atoms with Crippen LogP contribution < -0.4 is 0 Å². The second kappa shape index (κ2) is 14.0. The molecule has 1 unspecified atom stereocenters. The van der Waals surface area contributed by atoms with Gasteiger partial charge in [-0.25, -0.2) is 0 Å². The highest BCUT2D eigenvalue weighted by Gasteiger charge is 2.59. The number of carbonyl (C=O) groups excluding carboxylic acids is 1. The van der Waals surface area contributed by atoms with Crippen molar-refractivity contribution in [1.82, 2.24) is 0 Å². The molecule has 2 bridgehead atoms. The van der Waals surface area contributed by atoms with Crippen LogP contribution in [0.3, 0.4) is 0 Å². The molecule has 0 saturated carbocycles. The maximum Gasteiger partial charge on any atom is 0.311 e. The maximum absolute atomic E-state index is 13.4. The van der Waals surface area contributed by atoms with Gasteiger partial charge in [-0.05, 0) is 38.2 Å². The summed E-state index contributed by atoms with van der Waals surface area (Å²) in [6, 6.07) is 0. The van der Waals surface area contributed by atoms with Crippen molar-refractivity contribution in [3.63, 3.8) is 0 Å². The van der Waals surface area contributed by atoms with Crippen molar-refractivity contribution < 1.29 is 38.7 Å². The van der Waals surface area contributed by atoms with Gasteiger partial charge in [-0.3, -0.25) is 4.79 Å². The average Bonchev–Trinajstić information content (AvgIpc) is 2.89. The Hall–Kier alpha value is -1.03. The number of aliphatic hydroxyl groups excluding tert-OH is 1. The van der Waals surface area contributed by atoms with Crippen molar-refractivity contribution in [2.75, 3.05) is 21.3 Å². The van der Waals surface area contributed by atoms with Crippen molar-refractivity contribution in [3.05, 3.63) is 11.6 Å². The molecule has 2 rings (SSSR count). The van der Waals surface area contributed by atoms with E-state index in [9.17, 15) is 15.0 Å². The molecule has 0 aromatic rings. The van der Waals surface area contributed by atoms with Crippen molar-refractivity contribution in [2.24, 2.45) is 23.2 Å². The Labute approximate surface area is 230 Å². The van der Waals surface area contributed by atoms with Crippen LogP contribution in [0.4, 0.5) is 0 Å². The predicted octanol–water partition coefficient (Wildman–Crippen LogP) is 4.65. The summed E-state index contributed by atoms with van der Waals surface area (Å²) in [4.78, 5) is 13.4. The minimum atomic E-state index is -1.68. The molecule has 38 heavy (non-hydrogen) atoms. The van der Waals surface area contributed by atoms with Gasteiger partial charge in [0.25, 0.3) is 0 Å². The number of ether oxygens (including phenoxy) is 5. The lowest BCUT2D eigenvalue weighted by Gasteiger charge is -2.55. The van der Waals surface area contributed by atoms with Crippen LogP contribution in [0.2, 0.25) is 0 Å². The molecule has 2 heterocycles. The molecular weight excluding hydrogens is 488 g/mol. The number of allylic oxidation sites excluding steroid dienone is 1. The molecule has 2 saturated heterocycles. The molecule has 9 atom stereocenters. The lowest BCUT2D eigenvalue weighted by atomic mass is 9.67. The Morgan fingerprint density at radius 1 is 1.03 bits per heavy atom. The van der Waals surface area contributed by atoms with Gasteiger partial charge in [0.1, 0.15) is 6.10 Å². The third-order valence-electron chi connectivity index (χ3n) is 9.41. The molecule has 2 fully saturated rings. The third kappa shape index (κ3) is 7.18. The van der Waals surface area contributed by atoms with Crippen LogP contribution in [0.1, 0.15) is 87.0 Å². The summed E-state index contributed by atoms with van der Waals surface area (Å²) in [5.41, 5.74) is -0.0738. The minimum absolute atomic E-state index is 0.243. The Bertz CT molecular complexity index is 778. The summed E-state index contributed by atoms with van der Waals surface area (Å²) >= 11 is 0. The molecule has 2 aliphatic heterocycles. The first-order chi connectivity index (χ1) is 17.8. The van der Waals surface area contributed by atoms with E-state index < -0.39 is 53.6 Å². The zero-order valence-corrected chi connectivity index (χ0v) is 25.4. The molecule has 0 amide bonds. The first-order valence-electron chi connectivity index (χ1n) is 14.3. The minimum Gasteiger partial charge on any atom is -0.457 e. The van der Waals surface area contributed by atoms with Gasteiger partial charge in [-0.2, -0.15) is 0 Å². The van der Waals surface area contributed by atoms with Crippen molar-refractivity contribution in [1.29, 1.82) is 0 Å². The summed E-state index contributed by atoms with van der Waals surface area (Å²) in [5, 5.41) is 23.6. The summed E-state index contributed by atoms with van der Waals surface area (Å²) in [6.45, 7) is 13.7. The number of hydrogen-bond acceptors (Lipinski definition) is 8. The third-order valence-corrected chi connectivity index (χ3v) is 9.41. The largest absolute Gasteiger partial charge is 0.457 e. The van der Waals surface area contributed by atoms with Crippen molar-refractivity contribution >= 4 is 5.97 Å². The molecule has 8 heteroatoms. The van der Waals surface area contributed by atoms with E-state index in [0.717, 1.165) is 18.4 Å². The first-order valence-corrected chi connectivity index (χ1v) is 14.3. The van der Waals surface area contributed by atoms with Crippen LogP contribution in [0.5, 0.6) is 0 Å². The second-order valence-corrected chi connectivity index (χ2v) is 12.0. The maximum atomic E-state index is 13.4. The molecule has 0 aliphatic carbocycles. The fourth-order valence-electron chi connectivity index (χ4n) is 6.11. The van der Waals surface area contributed by atoms with E-state index in [1.54, 1.807) is 21.3 Å². The standard InChI is InChI=1S/C30H54O8/c1-11-21(12-2)13-18(3)24-14-22(34-8)17-27(31)29(6,7)30(33)20(5)26(36-10)16-23(38-30)15-25(35-9)19(4)28(32)37-24/h13,19-27,31,33H,11-12,14-17H2,1-10H3/b18-13-/t19-,20+,22+,23-,24+,25+,26+,27-,30?/m1/s1. The number of cyclic esters (lactones) is 1. The number of hydrogen-bond donors (Lipinski definition) is 2. The number of rotatable bonds is 7. The van der Waals surface area contributed by atoms with E-state index in [0.29, 0.717) is 25.2 Å². The van der Waals surface area contributed by atoms with Gasteiger partial charge in [-0.1, -0.05) is 40.7 Å². The molecule has 8 nitrogen and oxygen atoms in total. The topological polar surface area (TPSA) is 104 Å². The zero-order valence-electron chi connectivity index (χ0n) is 25.4. The molecule has 0 radical (unpaired) electrons. The zero-order chi connectivity index (χ0) is 28.8. The van der Waals surface area contributed by atoms with Crippen LogP contribution in [-0.4, -0.2) is 79.9 Å². The molecule has 2 N–H and O–H groups in total. The van der Waals surface area contributed by atoms with Gasteiger partial charge in [0.15, 0.2) is 5.79 Å². The van der Waals surface area contributed by atoms with Gasteiger partial charge in [-0.15, -0.1) is 0 Å². The van der Waals surface area contributed by atoms with Crippen molar-refractivity contribution in [2.45, 2.75) is 129 Å². The highest BCUT2D eigenvalue weighted by molar-refractivity contribution is 5.73. The SMILES string of the molecule is CCC(/C=C(/C)[C@@H]1C[C@H](OC)C[C@@H](O)C(C)(C)C2(O)O[C@H](C[C@H](OC)[C@@H](C)C(=O)O1)C[C@H](OC)[C@@H]2C)CC. The number of methoxy groups -OCH3 is 3. The summed E-state index contributed by atoms with van der Waals surface area (Å²) in [5.74, 6) is -2.59. The Morgan fingerprint density at radius 2 is 1.61 bits per heavy atom. The fourth-order valence-corrected chi connectivity index (χ4v) is 6.11. The van der Waals surface area contributed by atoms with Gasteiger partial charge >= 0.3 is 5.97 Å². The van der Waals surface area contributed by atoms with E-state index in [1.807, 2.05) is 34.6 Å². The Morgan fingerprint density at radius 3 is 2.13 bits per heavy atom. The average molecular weight is 543 g/mol. The van der Waals surface area contributed by atoms with Gasteiger partial charge in [0, 0.05) is 58.3 Å². The number of carbonyl (C=O) groups is 1. The van der Waals surface area contributed by atoms with E-state index >= 15 is 0 Å². The van der Waals surface area contributed by atoms with E-state index in [1.165, 1.54) is 0 Å². The van der Waals surface area contributed by atoms with Crippen LogP contribution in [-0.2, 0) is 28.5 Å². The fraction of sp³-hybridized carbons (Fsp3) is 0.900. The molecule has 2 aliphatic rings. The van der Waals surface area contributed by atoms with Crippen LogP contribution in [0.15, 0.2) is 11.6 Å². The van der Waals surface area contributed by atoms with Crippen molar-refractivity contribution in [3.8, 4) is 0 Å². The number of fused-ring (bicyclic) bond motifs is 2. The highest BCUT2D eigenvalue weighted by atomic mass is 16.6. The van der Waals surface area contributed by atoms with Gasteiger partial charge in [0.2, 0.25) is 0 Å². The first kappa shape index (κ1) is 33.2. The van der Waals surface area contributed by atoms with E-state index in [-0.39, 0.29) is 18.5 Å². The smallest absolute Gasteiger partial charge is 0.311 e. The predicted molar refractivity (Wildman–Crippen MR) is 147 cm³/mol. The van der Waals surface area contributed by atoms with Crippen LogP contribution in [0.25, 0.3) is 0 Å². The molecular formula is C30H54O8. The number of esters is 1. The Balaban J connectivity index is 2.56. The molecule has 0 spiro atoms.